The van der Waals surface area contributed by atoms with Crippen LogP contribution in [0.25, 0.3) is 0 Å². The molecule has 0 amide bonds. The first-order chi connectivity index (χ1) is 7.27. The van der Waals surface area contributed by atoms with E-state index in [4.69, 9.17) is 0 Å². The Morgan fingerprint density at radius 3 is 2.87 bits per heavy atom. The molecule has 0 saturated heterocycles. The van der Waals surface area contributed by atoms with Crippen molar-refractivity contribution in [2.75, 3.05) is 11.9 Å². The first-order valence-corrected chi connectivity index (χ1v) is 5.33. The summed E-state index contributed by atoms with van der Waals surface area (Å²) < 4.78 is 13.5. The topological polar surface area (TPSA) is 24.4 Å². The maximum atomic E-state index is 13.5. The van der Waals surface area contributed by atoms with Crippen LogP contribution >= 0.6 is 0 Å². The van der Waals surface area contributed by atoms with Crippen LogP contribution in [-0.4, -0.2) is 12.4 Å². The summed E-state index contributed by atoms with van der Waals surface area (Å²) in [7, 11) is 0. The van der Waals surface area contributed by atoms with Gasteiger partial charge >= 0.3 is 0 Å². The Balaban J connectivity index is 2.19. The summed E-state index contributed by atoms with van der Waals surface area (Å²) in [4.78, 5) is 4.35. The van der Waals surface area contributed by atoms with E-state index < -0.39 is 0 Å². The minimum Gasteiger partial charge on any atom is -0.341 e. The lowest BCUT2D eigenvalue weighted by molar-refractivity contribution is 0.630. The van der Waals surface area contributed by atoms with Crippen molar-refractivity contribution in [2.24, 2.45) is 4.99 Å². The predicted molar refractivity (Wildman–Crippen MR) is 60.9 cm³/mol. The van der Waals surface area contributed by atoms with E-state index in [2.05, 4.69) is 10.3 Å². The molecular formula is C12H15FN2. The largest absolute Gasteiger partial charge is 0.341 e. The van der Waals surface area contributed by atoms with Crippen LogP contribution in [0, 0.1) is 12.7 Å². The number of hydrogen-bond acceptors (Lipinski definition) is 2. The highest BCUT2D eigenvalue weighted by Crippen LogP contribution is 2.20. The molecule has 0 unspecified atom stereocenters. The molecule has 1 aliphatic heterocycles. The molecule has 15 heavy (non-hydrogen) atoms. The molecule has 1 N–H and O–H groups in total. The number of para-hydroxylation sites is 1. The highest BCUT2D eigenvalue weighted by Gasteiger charge is 2.09. The van der Waals surface area contributed by atoms with Gasteiger partial charge in [-0.3, -0.25) is 4.99 Å². The Kier molecular flexibility index (Phi) is 2.99. The predicted octanol–water partition coefficient (Wildman–Crippen LogP) is 3.13. The number of nitrogens with zero attached hydrogens (tertiary/aromatic N) is 1. The Hall–Kier alpha value is -1.38. The monoisotopic (exact) mass is 206 g/mol. The normalized spacial score (nSPS) is 16.0. The lowest BCUT2D eigenvalue weighted by atomic mass is 10.1. The van der Waals surface area contributed by atoms with Crippen molar-refractivity contribution >= 4 is 11.5 Å². The Morgan fingerprint density at radius 1 is 1.33 bits per heavy atom. The van der Waals surface area contributed by atoms with Crippen molar-refractivity contribution in [3.05, 3.63) is 29.6 Å². The van der Waals surface area contributed by atoms with Gasteiger partial charge in [-0.2, -0.15) is 0 Å². The second-order valence-electron chi connectivity index (χ2n) is 3.84. The molecule has 1 aliphatic rings. The summed E-state index contributed by atoms with van der Waals surface area (Å²) in [6, 6.07) is 5.09. The Morgan fingerprint density at radius 2 is 2.20 bits per heavy atom. The molecule has 3 heteroatoms. The average Bonchev–Trinajstić information content (AvgIpc) is 2.25. The molecule has 0 aromatic heterocycles. The third-order valence-corrected chi connectivity index (χ3v) is 2.62. The third kappa shape index (κ3) is 2.35. The number of aryl methyl sites for hydroxylation is 1. The standard InChI is InChI=1S/C12H15FN2/c1-9-5-4-6-10(13)12(9)15-11-7-2-3-8-14-11/h4-6H,2-3,7-8H2,1H3,(H,14,15). The van der Waals surface area contributed by atoms with Crippen LogP contribution in [0.2, 0.25) is 0 Å². The average molecular weight is 206 g/mol. The maximum Gasteiger partial charge on any atom is 0.146 e. The zero-order valence-corrected chi connectivity index (χ0v) is 8.89. The lowest BCUT2D eigenvalue weighted by Gasteiger charge is -2.15. The molecule has 80 valence electrons. The molecule has 2 rings (SSSR count). The van der Waals surface area contributed by atoms with E-state index >= 15 is 0 Å². The SMILES string of the molecule is Cc1cccc(F)c1NC1=NCCCC1. The van der Waals surface area contributed by atoms with Crippen LogP contribution in [-0.2, 0) is 0 Å². The number of anilines is 1. The van der Waals surface area contributed by atoms with Crippen LogP contribution < -0.4 is 5.32 Å². The number of rotatable bonds is 1. The smallest absolute Gasteiger partial charge is 0.146 e. The number of aliphatic imine (C=N–C) groups is 1. The number of benzene rings is 1. The van der Waals surface area contributed by atoms with Crippen molar-refractivity contribution < 1.29 is 4.39 Å². The maximum absolute atomic E-state index is 13.5. The molecule has 0 radical (unpaired) electrons. The van der Waals surface area contributed by atoms with Crippen LogP contribution in [0.15, 0.2) is 23.2 Å². The van der Waals surface area contributed by atoms with Gasteiger partial charge < -0.3 is 5.32 Å². The van der Waals surface area contributed by atoms with Crippen molar-refractivity contribution in [1.82, 2.24) is 0 Å². The quantitative estimate of drug-likeness (QED) is 0.750. The van der Waals surface area contributed by atoms with Gasteiger partial charge in [0.15, 0.2) is 0 Å². The molecule has 0 saturated carbocycles. The second-order valence-corrected chi connectivity index (χ2v) is 3.84. The molecule has 0 atom stereocenters. The van der Waals surface area contributed by atoms with Gasteiger partial charge in [0.25, 0.3) is 0 Å². The molecule has 0 fully saturated rings. The summed E-state index contributed by atoms with van der Waals surface area (Å²) in [6.07, 6.45) is 3.20. The second kappa shape index (κ2) is 4.43. The van der Waals surface area contributed by atoms with Crippen molar-refractivity contribution in [1.29, 1.82) is 0 Å². The first-order valence-electron chi connectivity index (χ1n) is 5.33. The van der Waals surface area contributed by atoms with E-state index in [1.807, 2.05) is 13.0 Å². The van der Waals surface area contributed by atoms with Gasteiger partial charge in [-0.05, 0) is 31.4 Å². The summed E-state index contributed by atoms with van der Waals surface area (Å²) in [5, 5.41) is 3.09. The van der Waals surface area contributed by atoms with Gasteiger partial charge in [0.05, 0.1) is 5.69 Å². The third-order valence-electron chi connectivity index (χ3n) is 2.62. The van der Waals surface area contributed by atoms with E-state index in [0.717, 1.165) is 37.2 Å². The van der Waals surface area contributed by atoms with Crippen LogP contribution in [0.1, 0.15) is 24.8 Å². The molecule has 1 aromatic carbocycles. The summed E-state index contributed by atoms with van der Waals surface area (Å²) in [5.41, 5.74) is 1.49. The Bertz CT molecular complexity index is 365. The summed E-state index contributed by atoms with van der Waals surface area (Å²) in [6.45, 7) is 2.75. The molecule has 0 aliphatic carbocycles. The first kappa shape index (κ1) is 10.1. The highest BCUT2D eigenvalue weighted by molar-refractivity contribution is 5.96. The summed E-state index contributed by atoms with van der Waals surface area (Å²) >= 11 is 0. The molecule has 0 bridgehead atoms. The van der Waals surface area contributed by atoms with Gasteiger partial charge in [-0.15, -0.1) is 0 Å². The van der Waals surface area contributed by atoms with Gasteiger partial charge in [0, 0.05) is 13.0 Å². The van der Waals surface area contributed by atoms with Gasteiger partial charge in [-0.1, -0.05) is 12.1 Å². The summed E-state index contributed by atoms with van der Waals surface area (Å²) in [5.74, 6) is 0.706. The van der Waals surface area contributed by atoms with Crippen molar-refractivity contribution in [3.8, 4) is 0 Å². The van der Waals surface area contributed by atoms with Crippen LogP contribution in [0.5, 0.6) is 0 Å². The van der Waals surface area contributed by atoms with E-state index in [9.17, 15) is 4.39 Å². The van der Waals surface area contributed by atoms with Crippen LogP contribution in [0.3, 0.4) is 0 Å². The number of nitrogens with one attached hydrogen (secondary N) is 1. The number of hydrogen-bond donors (Lipinski definition) is 1. The van der Waals surface area contributed by atoms with E-state index in [1.54, 1.807) is 6.07 Å². The zero-order chi connectivity index (χ0) is 10.7. The molecule has 1 heterocycles. The van der Waals surface area contributed by atoms with Gasteiger partial charge in [0.1, 0.15) is 11.7 Å². The molecule has 2 nitrogen and oxygen atoms in total. The lowest BCUT2D eigenvalue weighted by Crippen LogP contribution is -2.17. The molecule has 0 spiro atoms. The fraction of sp³-hybridized carbons (Fsp3) is 0.417. The minimum absolute atomic E-state index is 0.205. The zero-order valence-electron chi connectivity index (χ0n) is 8.89. The van der Waals surface area contributed by atoms with Crippen molar-refractivity contribution in [3.63, 3.8) is 0 Å². The minimum atomic E-state index is -0.205. The molecule has 1 aromatic rings. The molecular weight excluding hydrogens is 191 g/mol. The van der Waals surface area contributed by atoms with E-state index in [1.165, 1.54) is 6.07 Å². The number of amidine groups is 1. The van der Waals surface area contributed by atoms with Crippen molar-refractivity contribution in [2.45, 2.75) is 26.2 Å². The van der Waals surface area contributed by atoms with Gasteiger partial charge in [0.2, 0.25) is 0 Å². The van der Waals surface area contributed by atoms with E-state index in [-0.39, 0.29) is 5.82 Å². The fourth-order valence-corrected chi connectivity index (χ4v) is 1.73. The van der Waals surface area contributed by atoms with Crippen LogP contribution in [0.4, 0.5) is 10.1 Å². The Labute approximate surface area is 89.2 Å². The van der Waals surface area contributed by atoms with E-state index in [0.29, 0.717) is 5.69 Å². The number of halogens is 1. The fourth-order valence-electron chi connectivity index (χ4n) is 1.73. The van der Waals surface area contributed by atoms with Gasteiger partial charge in [-0.25, -0.2) is 4.39 Å². The highest BCUT2D eigenvalue weighted by atomic mass is 19.1.